The molecule has 0 heterocycles. The SMILES string of the molecule is CC(C)[Si](OCC[C@@H]1C[C@@]1(O)OCCO)(C(C)C)C(C)C.CC(C)[Si](OCC[C@H]1C[C@@]1(O)OCCO)(C(C)C)C(C)C. The van der Waals surface area contributed by atoms with Gasteiger partial charge in [0.05, 0.1) is 26.4 Å². The Morgan fingerprint density at radius 2 is 0.786 bits per heavy atom. The van der Waals surface area contributed by atoms with Gasteiger partial charge in [-0.2, -0.15) is 0 Å². The lowest BCUT2D eigenvalue weighted by Crippen LogP contribution is -2.48. The van der Waals surface area contributed by atoms with Gasteiger partial charge in [0, 0.05) is 37.9 Å². The first-order valence-electron chi connectivity index (χ1n) is 16.6. The van der Waals surface area contributed by atoms with E-state index in [0.29, 0.717) is 59.3 Å². The van der Waals surface area contributed by atoms with Crippen LogP contribution in [0.25, 0.3) is 0 Å². The van der Waals surface area contributed by atoms with E-state index in [9.17, 15) is 10.2 Å². The monoisotopic (exact) mass is 636 g/mol. The van der Waals surface area contributed by atoms with Crippen LogP contribution in [0.3, 0.4) is 0 Å². The largest absolute Gasteiger partial charge is 0.416 e. The van der Waals surface area contributed by atoms with Gasteiger partial charge in [-0.05, 0) is 46.1 Å². The number of aliphatic hydroxyl groups is 4. The molecule has 0 saturated heterocycles. The Kier molecular flexibility index (Phi) is 16.4. The lowest BCUT2D eigenvalue weighted by Gasteiger charge is -2.42. The van der Waals surface area contributed by atoms with E-state index in [4.69, 9.17) is 28.5 Å². The number of ether oxygens (including phenoxy) is 2. The zero-order valence-electron chi connectivity index (χ0n) is 29.1. The molecule has 2 aliphatic carbocycles. The molecule has 0 radical (unpaired) electrons. The minimum absolute atomic E-state index is 0.0460. The van der Waals surface area contributed by atoms with Gasteiger partial charge in [-0.25, -0.2) is 0 Å². The first-order chi connectivity index (χ1) is 19.4. The molecule has 4 atom stereocenters. The fourth-order valence-electron chi connectivity index (χ4n) is 7.80. The third-order valence-corrected chi connectivity index (χ3v) is 22.2. The van der Waals surface area contributed by atoms with Crippen molar-refractivity contribution in [3.05, 3.63) is 0 Å². The Morgan fingerprint density at radius 1 is 0.524 bits per heavy atom. The molecule has 2 aliphatic rings. The Labute approximate surface area is 260 Å². The quantitative estimate of drug-likeness (QED) is 0.0876. The van der Waals surface area contributed by atoms with Crippen molar-refractivity contribution in [2.75, 3.05) is 39.6 Å². The van der Waals surface area contributed by atoms with Gasteiger partial charge in [0.1, 0.15) is 0 Å². The average Bonchev–Trinajstić information content (AvgIpc) is 3.74. The molecule has 42 heavy (non-hydrogen) atoms. The molecule has 8 nitrogen and oxygen atoms in total. The molecule has 2 rings (SSSR count). The van der Waals surface area contributed by atoms with Crippen molar-refractivity contribution in [2.24, 2.45) is 11.8 Å². The van der Waals surface area contributed by atoms with Crippen molar-refractivity contribution >= 4 is 16.6 Å². The molecule has 0 amide bonds. The van der Waals surface area contributed by atoms with E-state index in [0.717, 1.165) is 12.8 Å². The van der Waals surface area contributed by atoms with Crippen LogP contribution in [-0.4, -0.2) is 88.3 Å². The highest BCUT2D eigenvalue weighted by atomic mass is 28.4. The molecule has 0 bridgehead atoms. The Morgan fingerprint density at radius 3 is 1.00 bits per heavy atom. The molecule has 0 aliphatic heterocycles. The van der Waals surface area contributed by atoms with E-state index in [2.05, 4.69) is 83.1 Å². The van der Waals surface area contributed by atoms with E-state index in [1.807, 2.05) is 0 Å². The molecule has 0 spiro atoms. The Bertz CT molecular complexity index is 657. The zero-order chi connectivity index (χ0) is 32.5. The summed E-state index contributed by atoms with van der Waals surface area (Å²) in [6.45, 7) is 29.1. The predicted molar refractivity (Wildman–Crippen MR) is 175 cm³/mol. The normalized spacial score (nSPS) is 26.1. The molecule has 2 fully saturated rings. The summed E-state index contributed by atoms with van der Waals surface area (Å²) in [5, 5.41) is 37.7. The first kappa shape index (κ1) is 40.1. The van der Waals surface area contributed by atoms with Crippen LogP contribution in [0.5, 0.6) is 0 Å². The summed E-state index contributed by atoms with van der Waals surface area (Å²) in [6.07, 6.45) is 3.00. The third kappa shape index (κ3) is 10.1. The van der Waals surface area contributed by atoms with Gasteiger partial charge >= 0.3 is 0 Å². The topological polar surface area (TPSA) is 118 Å². The van der Waals surface area contributed by atoms with Crippen LogP contribution in [-0.2, 0) is 18.3 Å². The van der Waals surface area contributed by atoms with Gasteiger partial charge in [-0.15, -0.1) is 0 Å². The van der Waals surface area contributed by atoms with Gasteiger partial charge in [0.2, 0.25) is 0 Å². The average molecular weight is 637 g/mol. The van der Waals surface area contributed by atoms with Gasteiger partial charge in [-0.3, -0.25) is 0 Å². The molecule has 252 valence electrons. The van der Waals surface area contributed by atoms with E-state index in [1.54, 1.807) is 0 Å². The van der Waals surface area contributed by atoms with Gasteiger partial charge in [-0.1, -0.05) is 83.1 Å². The van der Waals surface area contributed by atoms with E-state index in [1.165, 1.54) is 0 Å². The van der Waals surface area contributed by atoms with Crippen LogP contribution < -0.4 is 0 Å². The van der Waals surface area contributed by atoms with Crippen molar-refractivity contribution < 1.29 is 38.8 Å². The van der Waals surface area contributed by atoms with E-state index in [-0.39, 0.29) is 38.3 Å². The lowest BCUT2D eigenvalue weighted by atomic mass is 10.3. The highest BCUT2D eigenvalue weighted by Crippen LogP contribution is 2.49. The third-order valence-electron chi connectivity index (χ3n) is 9.97. The van der Waals surface area contributed by atoms with Crippen LogP contribution in [0.15, 0.2) is 0 Å². The zero-order valence-corrected chi connectivity index (χ0v) is 31.1. The van der Waals surface area contributed by atoms with Crippen LogP contribution >= 0.6 is 0 Å². The second kappa shape index (κ2) is 17.1. The van der Waals surface area contributed by atoms with Crippen LogP contribution in [0.4, 0.5) is 0 Å². The maximum absolute atomic E-state index is 10.1. The van der Waals surface area contributed by atoms with E-state index < -0.39 is 28.2 Å². The van der Waals surface area contributed by atoms with Crippen molar-refractivity contribution in [1.29, 1.82) is 0 Å². The van der Waals surface area contributed by atoms with Crippen molar-refractivity contribution in [3.8, 4) is 0 Å². The molecule has 4 N–H and O–H groups in total. The maximum atomic E-state index is 10.1. The van der Waals surface area contributed by atoms with Gasteiger partial charge in [0.25, 0.3) is 0 Å². The number of hydrogen-bond donors (Lipinski definition) is 4. The Hall–Kier alpha value is 0.114. The molecule has 2 saturated carbocycles. The summed E-state index contributed by atoms with van der Waals surface area (Å²) in [6, 6.07) is 0. The Balaban J connectivity index is 0.000000420. The number of aliphatic hydroxyl groups excluding tert-OH is 2. The lowest BCUT2D eigenvalue weighted by molar-refractivity contribution is -0.144. The molecule has 0 aromatic heterocycles. The second-order valence-electron chi connectivity index (χ2n) is 14.5. The van der Waals surface area contributed by atoms with Crippen LogP contribution in [0.2, 0.25) is 33.2 Å². The summed E-state index contributed by atoms with van der Waals surface area (Å²) in [5.74, 6) is -1.71. The van der Waals surface area contributed by atoms with E-state index >= 15 is 0 Å². The minimum atomic E-state index is -1.80. The van der Waals surface area contributed by atoms with Crippen molar-refractivity contribution in [2.45, 2.75) is 154 Å². The minimum Gasteiger partial charge on any atom is -0.416 e. The van der Waals surface area contributed by atoms with Crippen molar-refractivity contribution in [1.82, 2.24) is 0 Å². The highest BCUT2D eigenvalue weighted by Gasteiger charge is 2.55. The molecule has 0 aromatic carbocycles. The summed E-state index contributed by atoms with van der Waals surface area (Å²) in [4.78, 5) is 0. The van der Waals surface area contributed by atoms with Gasteiger partial charge in [0.15, 0.2) is 28.2 Å². The standard InChI is InChI=1S/2C16H34O4Si/c2*1-12(2)21(13(3)4,14(5)6)20-9-7-15-11-16(15,18)19-10-8-17/h2*12-15,17-18H,7-11H2,1-6H3/t15-,16+;15-,16-/m01/s1. The summed E-state index contributed by atoms with van der Waals surface area (Å²) in [5.41, 5.74) is 3.51. The number of rotatable bonds is 20. The fraction of sp³-hybridized carbons (Fsp3) is 1.00. The molecule has 10 heteroatoms. The first-order valence-corrected chi connectivity index (χ1v) is 20.9. The maximum Gasteiger partial charge on any atom is 0.200 e. The summed E-state index contributed by atoms with van der Waals surface area (Å²) >= 11 is 0. The van der Waals surface area contributed by atoms with Crippen molar-refractivity contribution in [3.63, 3.8) is 0 Å². The second-order valence-corrected chi connectivity index (χ2v) is 25.5. The summed E-state index contributed by atoms with van der Waals surface area (Å²) < 4.78 is 23.5. The summed E-state index contributed by atoms with van der Waals surface area (Å²) in [7, 11) is -3.60. The smallest absolute Gasteiger partial charge is 0.200 e. The molecular formula is C32H68O8Si2. The van der Waals surface area contributed by atoms with Crippen LogP contribution in [0, 0.1) is 11.8 Å². The fourth-order valence-corrected chi connectivity index (χ4v) is 18.7. The molecular weight excluding hydrogens is 569 g/mol. The molecule has 0 unspecified atom stereocenters. The number of hydrogen-bond acceptors (Lipinski definition) is 8. The molecule has 0 aromatic rings. The predicted octanol–water partition coefficient (Wildman–Crippen LogP) is 6.57. The highest BCUT2D eigenvalue weighted by molar-refractivity contribution is 6.78. The van der Waals surface area contributed by atoms with Gasteiger partial charge < -0.3 is 38.8 Å². The van der Waals surface area contributed by atoms with Crippen LogP contribution in [0.1, 0.15) is 109 Å².